The van der Waals surface area contributed by atoms with E-state index in [1.165, 1.54) is 73.9 Å². The monoisotopic (exact) mass is 574 g/mol. The number of carbonyl (C=O) groups is 2. The minimum Gasteiger partial charge on any atom is -0.545 e. The first kappa shape index (κ1) is 34.0. The predicted molar refractivity (Wildman–Crippen MR) is 143 cm³/mol. The summed E-state index contributed by atoms with van der Waals surface area (Å²) in [7, 11) is 0. The second-order valence-electron chi connectivity index (χ2n) is 8.10. The van der Waals surface area contributed by atoms with Crippen LogP contribution < -0.4 is 10.2 Å². The van der Waals surface area contributed by atoms with Crippen molar-refractivity contribution in [3.8, 4) is 0 Å². The van der Waals surface area contributed by atoms with Crippen LogP contribution in [0.5, 0.6) is 0 Å². The molecule has 4 nitrogen and oxygen atoms in total. The van der Waals surface area contributed by atoms with Gasteiger partial charge in [-0.2, -0.15) is 35.4 Å². The Morgan fingerprint density at radius 3 is 1.08 bits per heavy atom. The van der Waals surface area contributed by atoms with Gasteiger partial charge < -0.3 is 19.8 Å². The largest absolute Gasteiger partial charge is 4.00 e. The Labute approximate surface area is 240 Å². The molecule has 37 heavy (non-hydrogen) atoms. The maximum atomic E-state index is 10.1. The summed E-state index contributed by atoms with van der Waals surface area (Å²) in [5, 5.41) is 20.2. The number of aryl methyl sites for hydroxylation is 2. The number of aromatic carboxylic acids is 2. The van der Waals surface area contributed by atoms with Crippen molar-refractivity contribution >= 4 is 11.9 Å². The molecule has 0 heterocycles. The van der Waals surface area contributed by atoms with Crippen LogP contribution in [0, 0.1) is 0 Å². The standard InChI is InChI=1S/2C9H13.2C7H6O2.Zr/c2*1-2-3-6-9-7-4-5-8-9;2*8-7(9)6-4-2-1-3-5-6;/h2*4-5,7-8H,2-3,6H2,1H3;2*1-5H,(H,8,9);/q2*-1;;;+4/p-2. The van der Waals surface area contributed by atoms with Crippen molar-refractivity contribution in [2.45, 2.75) is 52.4 Å². The number of rotatable bonds is 8. The van der Waals surface area contributed by atoms with Gasteiger partial charge in [-0.15, -0.1) is 0 Å². The van der Waals surface area contributed by atoms with E-state index in [4.69, 9.17) is 0 Å². The van der Waals surface area contributed by atoms with Gasteiger partial charge in [-0.3, -0.25) is 0 Å². The average molecular weight is 576 g/mol. The molecule has 0 bridgehead atoms. The van der Waals surface area contributed by atoms with Crippen molar-refractivity contribution in [1.29, 1.82) is 0 Å². The van der Waals surface area contributed by atoms with Crippen LogP contribution in [0.2, 0.25) is 0 Å². The van der Waals surface area contributed by atoms with E-state index in [9.17, 15) is 19.8 Å². The number of benzene rings is 2. The Kier molecular flexibility index (Phi) is 20.4. The van der Waals surface area contributed by atoms with Crippen molar-refractivity contribution in [2.24, 2.45) is 0 Å². The zero-order chi connectivity index (χ0) is 26.4. The molecule has 0 saturated heterocycles. The van der Waals surface area contributed by atoms with Crippen LogP contribution in [0.1, 0.15) is 71.4 Å². The molecule has 5 heteroatoms. The molecule has 0 atom stereocenters. The van der Waals surface area contributed by atoms with E-state index in [-0.39, 0.29) is 37.3 Å². The van der Waals surface area contributed by atoms with Gasteiger partial charge in [-0.25, -0.2) is 24.3 Å². The molecule has 0 saturated carbocycles. The van der Waals surface area contributed by atoms with Crippen LogP contribution in [0.4, 0.5) is 0 Å². The number of carboxylic acids is 2. The zero-order valence-electron chi connectivity index (χ0n) is 21.8. The topological polar surface area (TPSA) is 80.3 Å². The first-order valence-electron chi connectivity index (χ1n) is 12.4. The van der Waals surface area contributed by atoms with Crippen LogP contribution >= 0.6 is 0 Å². The molecular weight excluding hydrogens is 540 g/mol. The molecule has 0 aliphatic carbocycles. The fourth-order valence-electron chi connectivity index (χ4n) is 3.07. The molecule has 0 N–H and O–H groups in total. The Morgan fingerprint density at radius 2 is 0.865 bits per heavy atom. The van der Waals surface area contributed by atoms with Gasteiger partial charge in [0, 0.05) is 0 Å². The van der Waals surface area contributed by atoms with Crippen LogP contribution in [-0.2, 0) is 39.0 Å². The second kappa shape index (κ2) is 22.2. The average Bonchev–Trinajstić information content (AvgIpc) is 3.63. The molecule has 0 aliphatic rings. The summed E-state index contributed by atoms with van der Waals surface area (Å²) in [6, 6.07) is 33.3. The van der Waals surface area contributed by atoms with Crippen LogP contribution in [0.3, 0.4) is 0 Å². The summed E-state index contributed by atoms with van der Waals surface area (Å²) in [5.74, 6) is -2.26. The van der Waals surface area contributed by atoms with E-state index in [0.717, 1.165) is 0 Å². The molecular formula is C32H36O4Zr. The van der Waals surface area contributed by atoms with Crippen molar-refractivity contribution in [3.63, 3.8) is 0 Å². The third-order valence-corrected chi connectivity index (χ3v) is 5.12. The zero-order valence-corrected chi connectivity index (χ0v) is 24.2. The summed E-state index contributed by atoms with van der Waals surface area (Å²) in [4.78, 5) is 20.2. The Bertz CT molecular complexity index is 953. The third kappa shape index (κ3) is 17.1. The van der Waals surface area contributed by atoms with Gasteiger partial charge in [-0.05, 0) is 11.1 Å². The van der Waals surface area contributed by atoms with E-state index in [0.29, 0.717) is 0 Å². The number of hydrogen-bond acceptors (Lipinski definition) is 4. The summed E-state index contributed by atoms with van der Waals surface area (Å²) < 4.78 is 0. The Balaban J connectivity index is 0.000000463. The summed E-state index contributed by atoms with van der Waals surface area (Å²) >= 11 is 0. The molecule has 192 valence electrons. The maximum absolute atomic E-state index is 10.1. The summed E-state index contributed by atoms with van der Waals surface area (Å²) in [6.45, 7) is 4.45. The maximum Gasteiger partial charge on any atom is 4.00 e. The van der Waals surface area contributed by atoms with Crippen LogP contribution in [0.25, 0.3) is 0 Å². The molecule has 0 aromatic heterocycles. The quantitative estimate of drug-likeness (QED) is 0.257. The minimum atomic E-state index is -1.13. The minimum absolute atomic E-state index is 0. The van der Waals surface area contributed by atoms with Gasteiger partial charge >= 0.3 is 26.2 Å². The van der Waals surface area contributed by atoms with Crippen LogP contribution in [-0.4, -0.2) is 11.9 Å². The first-order chi connectivity index (χ1) is 17.5. The second-order valence-corrected chi connectivity index (χ2v) is 8.10. The Hall–Kier alpha value is -3.04. The van der Waals surface area contributed by atoms with Gasteiger partial charge in [0.2, 0.25) is 0 Å². The van der Waals surface area contributed by atoms with Gasteiger partial charge in [0.15, 0.2) is 0 Å². The predicted octanol–water partition coefficient (Wildman–Crippen LogP) is 5.59. The van der Waals surface area contributed by atoms with E-state index >= 15 is 0 Å². The van der Waals surface area contributed by atoms with E-state index in [1.807, 2.05) is 0 Å². The number of hydrogen-bond donors (Lipinski definition) is 0. The first-order valence-corrected chi connectivity index (χ1v) is 12.4. The normalized spacial score (nSPS) is 9.14. The number of unbranched alkanes of at least 4 members (excludes halogenated alkanes) is 2. The molecule has 4 aromatic carbocycles. The molecule has 4 aromatic rings. The fourth-order valence-corrected chi connectivity index (χ4v) is 3.07. The van der Waals surface area contributed by atoms with Crippen molar-refractivity contribution < 1.29 is 46.0 Å². The smallest absolute Gasteiger partial charge is 0.545 e. The molecule has 0 spiro atoms. The third-order valence-electron chi connectivity index (χ3n) is 5.12. The van der Waals surface area contributed by atoms with Crippen molar-refractivity contribution in [1.82, 2.24) is 0 Å². The van der Waals surface area contributed by atoms with E-state index in [1.54, 1.807) is 36.4 Å². The Morgan fingerprint density at radius 1 is 0.568 bits per heavy atom. The van der Waals surface area contributed by atoms with E-state index in [2.05, 4.69) is 62.4 Å². The SMILES string of the molecule is CCCC[c-]1cccc1.CCCC[c-]1cccc1.O=C([O-])c1ccccc1.O=C([O-])c1ccccc1.[Zr+4]. The molecule has 0 aliphatic heterocycles. The molecule has 0 amide bonds. The van der Waals surface area contributed by atoms with Crippen LogP contribution in [0.15, 0.2) is 109 Å². The van der Waals surface area contributed by atoms with Crippen molar-refractivity contribution in [3.05, 3.63) is 131 Å². The molecule has 0 fully saturated rings. The molecule has 0 unspecified atom stereocenters. The summed E-state index contributed by atoms with van der Waals surface area (Å²) in [6.07, 6.45) is 7.75. The summed E-state index contributed by atoms with van der Waals surface area (Å²) in [5.41, 5.74) is 3.41. The van der Waals surface area contributed by atoms with Gasteiger partial charge in [-0.1, -0.05) is 113 Å². The number of carbonyl (C=O) groups excluding carboxylic acids is 2. The fraction of sp³-hybridized carbons (Fsp3) is 0.250. The van der Waals surface area contributed by atoms with E-state index < -0.39 is 11.9 Å². The van der Waals surface area contributed by atoms with Gasteiger partial charge in [0.1, 0.15) is 0 Å². The van der Waals surface area contributed by atoms with Crippen molar-refractivity contribution in [2.75, 3.05) is 0 Å². The van der Waals surface area contributed by atoms with Gasteiger partial charge in [0.05, 0.1) is 11.9 Å². The van der Waals surface area contributed by atoms with Gasteiger partial charge in [0.25, 0.3) is 0 Å². The molecule has 4 rings (SSSR count). The number of carboxylic acid groups (broad SMARTS) is 2. The molecule has 0 radical (unpaired) electrons.